The van der Waals surface area contributed by atoms with Crippen LogP contribution in [0.15, 0.2) is 30.3 Å². The van der Waals surface area contributed by atoms with Gasteiger partial charge in [-0.1, -0.05) is 25.5 Å². The molecule has 0 atom stereocenters. The van der Waals surface area contributed by atoms with E-state index in [2.05, 4.69) is 77.9 Å². The summed E-state index contributed by atoms with van der Waals surface area (Å²) in [4.78, 5) is 13.7. The number of rotatable bonds is 7. The topological polar surface area (TPSA) is 32.3 Å². The normalized spacial score (nSPS) is 10.7. The van der Waals surface area contributed by atoms with Crippen LogP contribution in [0.2, 0.25) is 0 Å². The van der Waals surface area contributed by atoms with Crippen LogP contribution < -0.4 is 9.80 Å². The molecule has 0 aliphatic rings. The molecule has 4 heteroatoms. The van der Waals surface area contributed by atoms with Crippen LogP contribution in [0.3, 0.4) is 0 Å². The quantitative estimate of drug-likeness (QED) is 0.754. The molecule has 0 fully saturated rings. The molecule has 124 valence electrons. The number of aryl methyl sites for hydroxylation is 2. The summed E-state index contributed by atoms with van der Waals surface area (Å²) in [5.74, 6) is 2.77. The van der Waals surface area contributed by atoms with E-state index in [0.717, 1.165) is 30.5 Å². The van der Waals surface area contributed by atoms with E-state index in [9.17, 15) is 0 Å². The van der Waals surface area contributed by atoms with Crippen LogP contribution in [0.25, 0.3) is 0 Å². The SMILES string of the molecule is CCCCN(C)c1cc(N(CC)c2cccc(C)c2)nc(C)n1. The van der Waals surface area contributed by atoms with Gasteiger partial charge < -0.3 is 9.80 Å². The Balaban J connectivity index is 2.35. The van der Waals surface area contributed by atoms with Crippen molar-refractivity contribution in [3.05, 3.63) is 41.7 Å². The Bertz CT molecular complexity index is 639. The second kappa shape index (κ2) is 7.95. The average Bonchev–Trinajstić information content (AvgIpc) is 2.53. The lowest BCUT2D eigenvalue weighted by Gasteiger charge is -2.25. The van der Waals surface area contributed by atoms with Gasteiger partial charge in [-0.15, -0.1) is 0 Å². The van der Waals surface area contributed by atoms with Crippen molar-refractivity contribution < 1.29 is 0 Å². The van der Waals surface area contributed by atoms with Crippen molar-refractivity contribution in [2.24, 2.45) is 0 Å². The van der Waals surface area contributed by atoms with Crippen LogP contribution in [0.4, 0.5) is 17.3 Å². The Kier molecular flexibility index (Phi) is 5.97. The lowest BCUT2D eigenvalue weighted by Crippen LogP contribution is -2.23. The zero-order valence-corrected chi connectivity index (χ0v) is 15.0. The zero-order chi connectivity index (χ0) is 16.8. The summed E-state index contributed by atoms with van der Waals surface area (Å²) in [5, 5.41) is 0. The van der Waals surface area contributed by atoms with Crippen molar-refractivity contribution in [3.8, 4) is 0 Å². The molecule has 0 spiro atoms. The molecule has 0 bridgehead atoms. The molecule has 0 N–H and O–H groups in total. The van der Waals surface area contributed by atoms with Gasteiger partial charge in [-0.25, -0.2) is 9.97 Å². The highest BCUT2D eigenvalue weighted by atomic mass is 15.2. The highest BCUT2D eigenvalue weighted by molar-refractivity contribution is 5.63. The van der Waals surface area contributed by atoms with E-state index in [1.165, 1.54) is 24.1 Å². The molecule has 1 aromatic heterocycles. The third-order valence-electron chi connectivity index (χ3n) is 3.96. The number of hydrogen-bond donors (Lipinski definition) is 0. The van der Waals surface area contributed by atoms with E-state index in [0.29, 0.717) is 0 Å². The highest BCUT2D eigenvalue weighted by Gasteiger charge is 2.13. The molecule has 2 aromatic rings. The predicted octanol–water partition coefficient (Wildman–Crippen LogP) is 4.49. The largest absolute Gasteiger partial charge is 0.360 e. The number of nitrogens with zero attached hydrogens (tertiary/aromatic N) is 4. The molecular weight excluding hydrogens is 284 g/mol. The molecule has 0 saturated carbocycles. The molecule has 0 aliphatic heterocycles. The Hall–Kier alpha value is -2.10. The van der Waals surface area contributed by atoms with Gasteiger partial charge in [0.1, 0.15) is 17.5 Å². The molecule has 0 radical (unpaired) electrons. The smallest absolute Gasteiger partial charge is 0.138 e. The van der Waals surface area contributed by atoms with Gasteiger partial charge >= 0.3 is 0 Å². The number of anilines is 3. The average molecular weight is 312 g/mol. The van der Waals surface area contributed by atoms with E-state index in [1.54, 1.807) is 0 Å². The first kappa shape index (κ1) is 17.3. The van der Waals surface area contributed by atoms with Crippen LogP contribution in [0.1, 0.15) is 38.1 Å². The minimum atomic E-state index is 0.812. The first-order valence-electron chi connectivity index (χ1n) is 8.46. The standard InChI is InChI=1S/C19H28N4/c1-6-8-12-22(5)18-14-19(21-16(4)20-18)23(7-2)17-11-9-10-15(3)13-17/h9-11,13-14H,6-8,12H2,1-5H3. The lowest BCUT2D eigenvalue weighted by atomic mass is 10.2. The van der Waals surface area contributed by atoms with E-state index in [-0.39, 0.29) is 0 Å². The maximum Gasteiger partial charge on any atom is 0.138 e. The first-order chi connectivity index (χ1) is 11.0. The lowest BCUT2D eigenvalue weighted by molar-refractivity contribution is 0.755. The molecule has 2 rings (SSSR count). The molecule has 0 aliphatic carbocycles. The van der Waals surface area contributed by atoms with Gasteiger partial charge in [-0.3, -0.25) is 0 Å². The van der Waals surface area contributed by atoms with E-state index in [4.69, 9.17) is 0 Å². The number of benzene rings is 1. The van der Waals surface area contributed by atoms with Crippen LogP contribution in [0.5, 0.6) is 0 Å². The molecule has 0 saturated heterocycles. The fraction of sp³-hybridized carbons (Fsp3) is 0.474. The van der Waals surface area contributed by atoms with Crippen molar-refractivity contribution in [2.45, 2.75) is 40.5 Å². The molecule has 1 aromatic carbocycles. The molecule has 23 heavy (non-hydrogen) atoms. The van der Waals surface area contributed by atoms with E-state index < -0.39 is 0 Å². The number of unbranched alkanes of at least 4 members (excludes halogenated alkanes) is 1. The third-order valence-corrected chi connectivity index (χ3v) is 3.96. The summed E-state index contributed by atoms with van der Waals surface area (Å²) in [6, 6.07) is 10.6. The van der Waals surface area contributed by atoms with Gasteiger partial charge in [-0.05, 0) is 44.9 Å². The molecular formula is C19H28N4. The predicted molar refractivity (Wildman–Crippen MR) is 98.8 cm³/mol. The van der Waals surface area contributed by atoms with Crippen molar-refractivity contribution in [1.29, 1.82) is 0 Å². The fourth-order valence-electron chi connectivity index (χ4n) is 2.65. The number of aromatic nitrogens is 2. The Morgan fingerprint density at radius 3 is 2.39 bits per heavy atom. The summed E-state index contributed by atoms with van der Waals surface area (Å²) in [7, 11) is 2.10. The highest BCUT2D eigenvalue weighted by Crippen LogP contribution is 2.26. The molecule has 0 amide bonds. The maximum atomic E-state index is 4.66. The first-order valence-corrected chi connectivity index (χ1v) is 8.46. The molecule has 1 heterocycles. The van der Waals surface area contributed by atoms with Gasteiger partial charge in [0.05, 0.1) is 0 Å². The fourth-order valence-corrected chi connectivity index (χ4v) is 2.65. The minimum Gasteiger partial charge on any atom is -0.360 e. The van der Waals surface area contributed by atoms with Crippen LogP contribution >= 0.6 is 0 Å². The number of hydrogen-bond acceptors (Lipinski definition) is 4. The summed E-state index contributed by atoms with van der Waals surface area (Å²) in [5.41, 5.74) is 2.43. The Morgan fingerprint density at radius 1 is 1.00 bits per heavy atom. The molecule has 4 nitrogen and oxygen atoms in total. The second-order valence-electron chi connectivity index (χ2n) is 5.99. The summed E-state index contributed by atoms with van der Waals surface area (Å²) >= 11 is 0. The second-order valence-corrected chi connectivity index (χ2v) is 5.99. The van der Waals surface area contributed by atoms with Gasteiger partial charge in [0, 0.05) is 31.9 Å². The monoisotopic (exact) mass is 312 g/mol. The summed E-state index contributed by atoms with van der Waals surface area (Å²) in [6.07, 6.45) is 2.36. The van der Waals surface area contributed by atoms with Crippen molar-refractivity contribution in [1.82, 2.24) is 9.97 Å². The summed E-state index contributed by atoms with van der Waals surface area (Å²) in [6.45, 7) is 10.3. The Morgan fingerprint density at radius 2 is 1.74 bits per heavy atom. The van der Waals surface area contributed by atoms with Crippen molar-refractivity contribution >= 4 is 17.3 Å². The van der Waals surface area contributed by atoms with E-state index in [1.807, 2.05) is 6.92 Å². The Labute approximate surface area is 140 Å². The van der Waals surface area contributed by atoms with Gasteiger partial charge in [0.15, 0.2) is 0 Å². The van der Waals surface area contributed by atoms with Crippen molar-refractivity contribution in [2.75, 3.05) is 29.9 Å². The minimum absolute atomic E-state index is 0.812. The third kappa shape index (κ3) is 4.44. The van der Waals surface area contributed by atoms with E-state index >= 15 is 0 Å². The summed E-state index contributed by atoms with van der Waals surface area (Å²) < 4.78 is 0. The van der Waals surface area contributed by atoms with Gasteiger partial charge in [0.2, 0.25) is 0 Å². The maximum absolute atomic E-state index is 4.66. The zero-order valence-electron chi connectivity index (χ0n) is 15.0. The van der Waals surface area contributed by atoms with Gasteiger partial charge in [-0.2, -0.15) is 0 Å². The van der Waals surface area contributed by atoms with Gasteiger partial charge in [0.25, 0.3) is 0 Å². The van der Waals surface area contributed by atoms with Crippen LogP contribution in [-0.2, 0) is 0 Å². The van der Waals surface area contributed by atoms with Crippen molar-refractivity contribution in [3.63, 3.8) is 0 Å². The molecule has 0 unspecified atom stereocenters. The van der Waals surface area contributed by atoms with Crippen LogP contribution in [0, 0.1) is 13.8 Å². The van der Waals surface area contributed by atoms with Crippen LogP contribution in [-0.4, -0.2) is 30.1 Å².